The van der Waals surface area contributed by atoms with Crippen LogP contribution in [0.4, 0.5) is 10.5 Å². The second-order valence-corrected chi connectivity index (χ2v) is 8.02. The summed E-state index contributed by atoms with van der Waals surface area (Å²) in [7, 11) is -1.19. The van der Waals surface area contributed by atoms with Crippen LogP contribution in [0.5, 0.6) is 0 Å². The first-order chi connectivity index (χ1) is 11.8. The normalized spacial score (nSPS) is 12.8. The molecule has 146 valence electrons. The van der Waals surface area contributed by atoms with Crippen LogP contribution >= 0.6 is 0 Å². The van der Waals surface area contributed by atoms with Gasteiger partial charge in [-0.25, -0.2) is 4.79 Å². The van der Waals surface area contributed by atoms with Crippen molar-refractivity contribution in [1.29, 1.82) is 0 Å². The van der Waals surface area contributed by atoms with Gasteiger partial charge in [0.25, 0.3) is 0 Å². The monoisotopic (exact) mass is 387 g/mol. The Balaban J connectivity index is 2.93. The lowest BCUT2D eigenvalue weighted by molar-refractivity contribution is -0.130. The summed E-state index contributed by atoms with van der Waals surface area (Å²) in [5.41, 5.74) is 0.0573. The van der Waals surface area contributed by atoms with Gasteiger partial charge in [0, 0.05) is 20.6 Å². The fourth-order valence-electron chi connectivity index (χ4n) is 2.09. The summed E-state index contributed by atoms with van der Waals surface area (Å²) in [5, 5.41) is 2.57. The van der Waals surface area contributed by atoms with Crippen LogP contribution in [-0.4, -0.2) is 56.1 Å². The number of anilines is 1. The molecule has 0 bridgehead atoms. The molecule has 1 aromatic carbocycles. The van der Waals surface area contributed by atoms with Crippen LogP contribution in [-0.2, 0) is 19.8 Å². The minimum atomic E-state index is -4.38. The van der Waals surface area contributed by atoms with E-state index >= 15 is 0 Å². The van der Waals surface area contributed by atoms with E-state index in [-0.39, 0.29) is 18.1 Å². The predicted molar refractivity (Wildman–Crippen MR) is 97.3 cm³/mol. The highest BCUT2D eigenvalue weighted by Crippen LogP contribution is 2.20. The Hall–Kier alpha value is -2.33. The van der Waals surface area contributed by atoms with Gasteiger partial charge in [-0.15, -0.1) is 0 Å². The fraction of sp³-hybridized carbons (Fsp3) is 0.500. The smallest absolute Gasteiger partial charge is 0.407 e. The summed E-state index contributed by atoms with van der Waals surface area (Å²) in [5.74, 6) is -0.922. The Morgan fingerprint density at radius 3 is 2.15 bits per heavy atom. The van der Waals surface area contributed by atoms with Crippen molar-refractivity contribution in [2.75, 3.05) is 25.4 Å². The van der Waals surface area contributed by atoms with E-state index < -0.39 is 27.9 Å². The third-order valence-corrected chi connectivity index (χ3v) is 3.64. The lowest BCUT2D eigenvalue weighted by Gasteiger charge is -2.23. The number of hydrogen-bond donors (Lipinski definition) is 3. The molecule has 1 atom stereocenters. The van der Waals surface area contributed by atoms with Gasteiger partial charge in [-0.05, 0) is 38.5 Å². The van der Waals surface area contributed by atoms with Gasteiger partial charge >= 0.3 is 16.4 Å². The highest BCUT2D eigenvalue weighted by molar-refractivity contribution is 7.87. The number of carbonyl (C=O) groups is 2. The summed E-state index contributed by atoms with van der Waals surface area (Å²) in [6.07, 6.45) is -0.640. The Bertz CT molecular complexity index is 738. The molecule has 0 radical (unpaired) electrons. The van der Waals surface area contributed by atoms with Crippen LogP contribution in [0.1, 0.15) is 32.3 Å². The number of amides is 2. The van der Waals surface area contributed by atoms with E-state index in [1.165, 1.54) is 29.2 Å². The molecular weight excluding hydrogens is 362 g/mol. The van der Waals surface area contributed by atoms with Gasteiger partial charge in [0.1, 0.15) is 5.60 Å². The molecule has 10 heteroatoms. The van der Waals surface area contributed by atoms with Crippen LogP contribution in [0.2, 0.25) is 0 Å². The Kier molecular flexibility index (Phi) is 6.99. The number of likely N-dealkylation sites (N-methyl/N-ethyl adjacent to an activating group) is 1. The van der Waals surface area contributed by atoms with Crippen molar-refractivity contribution in [3.63, 3.8) is 0 Å². The van der Waals surface area contributed by atoms with E-state index in [1.54, 1.807) is 34.9 Å². The Morgan fingerprint density at radius 1 is 1.19 bits per heavy atom. The zero-order chi connectivity index (χ0) is 20.1. The molecule has 1 rings (SSSR count). The van der Waals surface area contributed by atoms with Gasteiger partial charge in [0.2, 0.25) is 5.91 Å². The van der Waals surface area contributed by atoms with E-state index in [4.69, 9.17) is 9.29 Å². The number of alkyl carbamates (subject to hydrolysis) is 1. The van der Waals surface area contributed by atoms with Gasteiger partial charge < -0.3 is 15.0 Å². The SMILES string of the molecule is CN(C)C(=O)[C@@H](CNC(=O)OC(C)(C)C)c1ccc(NS(=O)(=O)O)cc1. The summed E-state index contributed by atoms with van der Waals surface area (Å²) in [4.78, 5) is 25.7. The maximum Gasteiger partial charge on any atom is 0.407 e. The fourth-order valence-corrected chi connectivity index (χ4v) is 2.53. The minimum Gasteiger partial charge on any atom is -0.444 e. The van der Waals surface area contributed by atoms with Gasteiger partial charge in [-0.1, -0.05) is 12.1 Å². The van der Waals surface area contributed by atoms with Crippen LogP contribution in [0.3, 0.4) is 0 Å². The molecule has 0 unspecified atom stereocenters. The molecule has 0 saturated heterocycles. The second-order valence-electron chi connectivity index (χ2n) is 6.87. The van der Waals surface area contributed by atoms with Crippen molar-refractivity contribution in [2.45, 2.75) is 32.3 Å². The Labute approximate surface area is 153 Å². The van der Waals surface area contributed by atoms with Crippen molar-refractivity contribution < 1.29 is 27.3 Å². The lowest BCUT2D eigenvalue weighted by Crippen LogP contribution is -2.39. The number of nitrogens with zero attached hydrogens (tertiary/aromatic N) is 1. The van der Waals surface area contributed by atoms with Gasteiger partial charge in [0.15, 0.2) is 0 Å². The van der Waals surface area contributed by atoms with Crippen molar-refractivity contribution in [3.05, 3.63) is 29.8 Å². The molecule has 0 fully saturated rings. The maximum atomic E-state index is 12.4. The molecule has 0 saturated carbocycles. The zero-order valence-corrected chi connectivity index (χ0v) is 16.3. The van der Waals surface area contributed by atoms with Gasteiger partial charge in [-0.3, -0.25) is 14.1 Å². The minimum absolute atomic E-state index is 0.0109. The highest BCUT2D eigenvalue weighted by atomic mass is 32.2. The van der Waals surface area contributed by atoms with Crippen LogP contribution in [0.25, 0.3) is 0 Å². The van der Waals surface area contributed by atoms with Crippen molar-refractivity contribution in [3.8, 4) is 0 Å². The van der Waals surface area contributed by atoms with E-state index in [2.05, 4.69) is 5.32 Å². The van der Waals surface area contributed by atoms with Gasteiger partial charge in [0.05, 0.1) is 11.6 Å². The molecular formula is C16H25N3O6S. The van der Waals surface area contributed by atoms with E-state index in [0.717, 1.165) is 0 Å². The van der Waals surface area contributed by atoms with Crippen LogP contribution in [0, 0.1) is 0 Å². The molecule has 26 heavy (non-hydrogen) atoms. The average molecular weight is 387 g/mol. The van der Waals surface area contributed by atoms with Crippen molar-refractivity contribution >= 4 is 28.0 Å². The maximum absolute atomic E-state index is 12.4. The van der Waals surface area contributed by atoms with Crippen molar-refractivity contribution in [1.82, 2.24) is 10.2 Å². The summed E-state index contributed by atoms with van der Waals surface area (Å²) < 4.78 is 37.5. The summed E-state index contributed by atoms with van der Waals surface area (Å²) in [6.45, 7) is 5.21. The largest absolute Gasteiger partial charge is 0.444 e. The molecule has 0 aliphatic carbocycles. The molecule has 0 aliphatic heterocycles. The standard InChI is InChI=1S/C16H25N3O6S/c1-16(2,3)25-15(21)17-10-13(14(20)19(4)5)11-6-8-12(9-7-11)18-26(22,23)24/h6-9,13,18H,10H2,1-5H3,(H,17,21)(H,22,23,24)/t13-/m0/s1. The van der Waals surface area contributed by atoms with Gasteiger partial charge in [-0.2, -0.15) is 8.42 Å². The van der Waals surface area contributed by atoms with Crippen LogP contribution < -0.4 is 10.0 Å². The Morgan fingerprint density at radius 2 is 1.73 bits per heavy atom. The predicted octanol–water partition coefficient (Wildman–Crippen LogP) is 1.60. The number of carbonyl (C=O) groups excluding carboxylic acids is 2. The number of hydrogen-bond acceptors (Lipinski definition) is 5. The number of rotatable bonds is 6. The third kappa shape index (κ3) is 7.70. The molecule has 0 heterocycles. The number of nitrogens with one attached hydrogen (secondary N) is 2. The lowest BCUT2D eigenvalue weighted by atomic mass is 9.97. The first-order valence-corrected chi connectivity index (χ1v) is 9.26. The molecule has 0 aromatic heterocycles. The molecule has 9 nitrogen and oxygen atoms in total. The zero-order valence-electron chi connectivity index (χ0n) is 15.4. The molecule has 2 amide bonds. The highest BCUT2D eigenvalue weighted by Gasteiger charge is 2.24. The quantitative estimate of drug-likeness (QED) is 0.637. The number of ether oxygens (including phenoxy) is 1. The average Bonchev–Trinajstić information content (AvgIpc) is 2.45. The summed E-state index contributed by atoms with van der Waals surface area (Å²) in [6, 6.07) is 5.89. The first kappa shape index (κ1) is 21.7. The molecule has 0 spiro atoms. The third-order valence-electron chi connectivity index (χ3n) is 3.15. The topological polar surface area (TPSA) is 125 Å². The summed E-state index contributed by atoms with van der Waals surface area (Å²) >= 11 is 0. The number of benzene rings is 1. The second kappa shape index (κ2) is 8.37. The van der Waals surface area contributed by atoms with E-state index in [9.17, 15) is 18.0 Å². The van der Waals surface area contributed by atoms with E-state index in [0.29, 0.717) is 5.56 Å². The van der Waals surface area contributed by atoms with Crippen LogP contribution in [0.15, 0.2) is 24.3 Å². The first-order valence-electron chi connectivity index (χ1n) is 7.82. The molecule has 1 aromatic rings. The molecule has 3 N–H and O–H groups in total. The molecule has 0 aliphatic rings. The van der Waals surface area contributed by atoms with Crippen molar-refractivity contribution in [2.24, 2.45) is 0 Å². The van der Waals surface area contributed by atoms with E-state index in [1.807, 2.05) is 4.72 Å².